The third-order valence-corrected chi connectivity index (χ3v) is 17.1. The number of methoxy groups -OCH3 is 1. The number of carboxylic acid groups (broad SMARTS) is 1. The molecule has 7 nitrogen and oxygen atoms in total. The first kappa shape index (κ1) is 56.0. The fourth-order valence-electron chi connectivity index (χ4n) is 16.1. The number of aliphatic hydroxyl groups excluding tert-OH is 1. The number of rotatable bonds is 7. The SMILES string of the molecule is C1C2CC1C2.CC(=O)O.CC(C)(C)CC12CC(C(N)=O)(C1)C2.CC(C)(C)CC12CC(C)(C1)C2.CC(C)(C)CC12CC(CO)(C1)C2.CCC(C)(C)C.COC(=O)C12CC(CC(C)(C)C)(C1)C2. The molecule has 0 radical (unpaired) electrons. The zero-order valence-electron chi connectivity index (χ0n) is 46.1. The average molecular weight is 912 g/mol. The molecule has 15 aliphatic rings. The van der Waals surface area contributed by atoms with Crippen LogP contribution in [0.4, 0.5) is 0 Å². The summed E-state index contributed by atoms with van der Waals surface area (Å²) in [6, 6.07) is 0. The first-order valence-electron chi connectivity index (χ1n) is 26.2. The van der Waals surface area contributed by atoms with Crippen molar-refractivity contribution >= 4 is 17.8 Å². The van der Waals surface area contributed by atoms with Crippen molar-refractivity contribution in [3.05, 3.63) is 0 Å². The molecule has 15 saturated carbocycles. The van der Waals surface area contributed by atoms with Crippen molar-refractivity contribution in [3.63, 3.8) is 0 Å². The molecule has 0 saturated heterocycles. The summed E-state index contributed by atoms with van der Waals surface area (Å²) in [5.41, 5.74) is 11.2. The van der Waals surface area contributed by atoms with Gasteiger partial charge in [-0.25, -0.2) is 0 Å². The van der Waals surface area contributed by atoms with E-state index in [1.54, 1.807) is 19.3 Å². The van der Waals surface area contributed by atoms with Gasteiger partial charge in [0, 0.05) is 13.5 Å². The number of carbonyl (C=O) groups is 3. The molecule has 378 valence electrons. The van der Waals surface area contributed by atoms with Gasteiger partial charge in [0.2, 0.25) is 5.91 Å². The number of aliphatic hydroxyl groups is 1. The van der Waals surface area contributed by atoms with Gasteiger partial charge in [-0.1, -0.05) is 124 Å². The molecule has 4 N–H and O–H groups in total. The highest BCUT2D eigenvalue weighted by Gasteiger charge is 2.73. The smallest absolute Gasteiger partial charge is 0.311 e. The number of aliphatic carboxylic acids is 1. The molecule has 0 aromatic heterocycles. The van der Waals surface area contributed by atoms with Crippen LogP contribution < -0.4 is 5.73 Å². The molecule has 0 aromatic rings. The van der Waals surface area contributed by atoms with Crippen LogP contribution in [0, 0.1) is 82.2 Å². The van der Waals surface area contributed by atoms with E-state index >= 15 is 0 Å². The molecule has 0 heterocycles. The highest BCUT2D eigenvalue weighted by atomic mass is 16.5. The molecule has 10 bridgehead atoms. The lowest BCUT2D eigenvalue weighted by Gasteiger charge is -2.72. The standard InChI is InChI=1S/C12H20O2.C11H19NO.C11H20O.C11H20.C6H14.C5H8.C2H4O2/c1-10(2,3)5-11-6-12(7-11,8-11)9(13)14-4;1-9(2,3)4-10-5-11(6-10,7-10)8(12)13;1-9(2,3)4-10-5-11(6-10,7-10)8-12;1-9(2,3)5-11-6-10(4,7-11)8-11;1-5-6(2,3)4;1-4-2-5(1)3-4;1-2(3)4/h5-8H2,1-4H3;4-7H2,1-3H3,(H2,12,13);12H,4-8H2,1-3H3;5-8H2,1-4H3;5H2,1-4H3;4-5H,1-3H2;1H3,(H,3,4). The number of hydrogen-bond donors (Lipinski definition) is 3. The lowest BCUT2D eigenvalue weighted by atomic mass is 9.33. The predicted molar refractivity (Wildman–Crippen MR) is 269 cm³/mol. The topological polar surface area (TPSA) is 127 Å². The lowest BCUT2D eigenvalue weighted by molar-refractivity contribution is -0.236. The largest absolute Gasteiger partial charge is 0.481 e. The maximum atomic E-state index is 11.4. The van der Waals surface area contributed by atoms with Crippen molar-refractivity contribution in [1.82, 2.24) is 0 Å². The summed E-state index contributed by atoms with van der Waals surface area (Å²) in [6.07, 6.45) is 26.2. The quantitative estimate of drug-likeness (QED) is 0.218. The number of esters is 1. The molecule has 1 amide bonds. The highest BCUT2D eigenvalue weighted by Crippen LogP contribution is 2.78. The normalized spacial score (nSPS) is 39.3. The summed E-state index contributed by atoms with van der Waals surface area (Å²) < 4.78 is 4.83. The fourth-order valence-corrected chi connectivity index (χ4v) is 16.1. The summed E-state index contributed by atoms with van der Waals surface area (Å²) in [5.74, 6) is 1.54. The van der Waals surface area contributed by atoms with Crippen molar-refractivity contribution in [1.29, 1.82) is 0 Å². The van der Waals surface area contributed by atoms with Crippen LogP contribution in [0.1, 0.15) is 253 Å². The van der Waals surface area contributed by atoms with Gasteiger partial charge in [-0.3, -0.25) is 14.4 Å². The van der Waals surface area contributed by atoms with E-state index in [9.17, 15) is 9.59 Å². The number of carboxylic acids is 1. The molecule has 0 aromatic carbocycles. The molecule has 0 atom stereocenters. The zero-order valence-corrected chi connectivity index (χ0v) is 46.1. The molecular formula is C58H105NO6. The summed E-state index contributed by atoms with van der Waals surface area (Å²) in [4.78, 5) is 31.5. The Balaban J connectivity index is 0.000000172. The van der Waals surface area contributed by atoms with Gasteiger partial charge in [0.15, 0.2) is 0 Å². The number of ether oxygens (including phenoxy) is 1. The average Bonchev–Trinajstić information content (AvgIpc) is 2.91. The van der Waals surface area contributed by atoms with E-state index in [4.69, 9.17) is 25.5 Å². The first-order valence-corrected chi connectivity index (χ1v) is 26.2. The van der Waals surface area contributed by atoms with Crippen LogP contribution in [0.25, 0.3) is 0 Å². The summed E-state index contributed by atoms with van der Waals surface area (Å²) >= 11 is 0. The van der Waals surface area contributed by atoms with E-state index in [1.165, 1.54) is 89.6 Å². The monoisotopic (exact) mass is 912 g/mol. The Morgan fingerprint density at radius 3 is 0.954 bits per heavy atom. The van der Waals surface area contributed by atoms with E-state index in [-0.39, 0.29) is 22.7 Å². The molecule has 0 unspecified atom stereocenters. The third-order valence-electron chi connectivity index (χ3n) is 17.1. The lowest BCUT2D eigenvalue weighted by Crippen LogP contribution is -2.67. The Hall–Kier alpha value is -1.63. The maximum absolute atomic E-state index is 11.4. The Morgan fingerprint density at radius 2 is 0.769 bits per heavy atom. The second-order valence-corrected chi connectivity index (χ2v) is 31.8. The number of amides is 1. The van der Waals surface area contributed by atoms with Crippen LogP contribution in [-0.4, -0.2) is 41.8 Å². The number of primary amides is 1. The minimum atomic E-state index is -0.833. The third kappa shape index (κ3) is 14.2. The molecule has 65 heavy (non-hydrogen) atoms. The Labute approximate surface area is 400 Å². The number of carbonyl (C=O) groups excluding carboxylic acids is 2. The summed E-state index contributed by atoms with van der Waals surface area (Å²) in [6.45, 7) is 40.6. The van der Waals surface area contributed by atoms with E-state index in [1.807, 2.05) is 0 Å². The minimum absolute atomic E-state index is 0.0216. The minimum Gasteiger partial charge on any atom is -0.481 e. The van der Waals surface area contributed by atoms with E-state index in [2.05, 4.69) is 118 Å². The fraction of sp³-hybridized carbons (Fsp3) is 0.948. The second-order valence-electron chi connectivity index (χ2n) is 31.8. The highest BCUT2D eigenvalue weighted by molar-refractivity contribution is 5.84. The van der Waals surface area contributed by atoms with Crippen molar-refractivity contribution in [2.75, 3.05) is 13.7 Å². The molecule has 0 spiro atoms. The van der Waals surface area contributed by atoms with Gasteiger partial charge in [-0.2, -0.15) is 0 Å². The van der Waals surface area contributed by atoms with Crippen LogP contribution in [-0.2, 0) is 19.1 Å². The van der Waals surface area contributed by atoms with Crippen molar-refractivity contribution in [3.8, 4) is 0 Å². The van der Waals surface area contributed by atoms with Crippen molar-refractivity contribution in [2.45, 2.75) is 253 Å². The van der Waals surface area contributed by atoms with Crippen LogP contribution >= 0.6 is 0 Å². The van der Waals surface area contributed by atoms with Crippen molar-refractivity contribution < 1.29 is 29.3 Å². The molecule has 15 rings (SSSR count). The van der Waals surface area contributed by atoms with Gasteiger partial charge < -0.3 is 20.7 Å². The Bertz CT molecular complexity index is 1580. The van der Waals surface area contributed by atoms with Gasteiger partial charge >= 0.3 is 5.97 Å². The summed E-state index contributed by atoms with van der Waals surface area (Å²) in [7, 11) is 1.50. The molecular weight excluding hydrogens is 807 g/mol. The van der Waals surface area contributed by atoms with Gasteiger partial charge in [-0.15, -0.1) is 0 Å². The second kappa shape index (κ2) is 18.3. The molecule has 15 fully saturated rings. The van der Waals surface area contributed by atoms with E-state index in [0.717, 1.165) is 56.3 Å². The van der Waals surface area contributed by atoms with Crippen molar-refractivity contribution in [2.24, 2.45) is 88.0 Å². The van der Waals surface area contributed by atoms with Gasteiger partial charge in [0.25, 0.3) is 5.97 Å². The van der Waals surface area contributed by atoms with Crippen LogP contribution in [0.15, 0.2) is 0 Å². The van der Waals surface area contributed by atoms with Gasteiger partial charge in [0.05, 0.1) is 17.9 Å². The number of nitrogens with two attached hydrogens (primary N) is 1. The van der Waals surface area contributed by atoms with E-state index < -0.39 is 5.97 Å². The molecule has 15 aliphatic carbocycles. The van der Waals surface area contributed by atoms with Gasteiger partial charge in [-0.05, 0) is 193 Å². The Morgan fingerprint density at radius 1 is 0.523 bits per heavy atom. The zero-order chi connectivity index (χ0) is 49.9. The first-order chi connectivity index (χ1) is 29.0. The Kier molecular flexibility index (Phi) is 15.7. The van der Waals surface area contributed by atoms with E-state index in [0.29, 0.717) is 55.3 Å². The van der Waals surface area contributed by atoms with Crippen LogP contribution in [0.5, 0.6) is 0 Å². The van der Waals surface area contributed by atoms with Crippen LogP contribution in [0.2, 0.25) is 0 Å². The maximum Gasteiger partial charge on any atom is 0.311 e. The van der Waals surface area contributed by atoms with Crippen LogP contribution in [0.3, 0.4) is 0 Å². The predicted octanol–water partition coefficient (Wildman–Crippen LogP) is 15.0. The summed E-state index contributed by atoms with van der Waals surface area (Å²) in [5, 5.41) is 16.5. The number of hydrogen-bond acceptors (Lipinski definition) is 5. The molecule has 7 heteroatoms. The molecule has 0 aliphatic heterocycles. The van der Waals surface area contributed by atoms with Gasteiger partial charge in [0.1, 0.15) is 0 Å².